The molecule has 0 aliphatic carbocycles. The first-order valence-electron chi connectivity index (χ1n) is 7.49. The van der Waals surface area contributed by atoms with E-state index < -0.39 is 11.9 Å². The summed E-state index contributed by atoms with van der Waals surface area (Å²) in [6.45, 7) is 4.42. The van der Waals surface area contributed by atoms with E-state index in [9.17, 15) is 14.0 Å². The third kappa shape index (κ3) is 7.06. The molecule has 134 valence electrons. The zero-order chi connectivity index (χ0) is 18.2. The minimum absolute atomic E-state index is 0.0453. The molecule has 0 unspecified atom stereocenters. The zero-order valence-corrected chi connectivity index (χ0v) is 15.3. The Bertz CT molecular complexity index is 738. The van der Waals surface area contributed by atoms with Gasteiger partial charge in [0.25, 0.3) is 0 Å². The van der Waals surface area contributed by atoms with Crippen LogP contribution in [0.5, 0.6) is 0 Å². The molecule has 0 aliphatic heterocycles. The number of imide groups is 1. The minimum Gasteiger partial charge on any atom is -0.338 e. The lowest BCUT2D eigenvalue weighted by Gasteiger charge is -2.07. The number of halogens is 1. The molecule has 2 rings (SSSR count). The van der Waals surface area contributed by atoms with E-state index in [1.165, 1.54) is 35.2 Å². The predicted molar refractivity (Wildman–Crippen MR) is 96.7 cm³/mol. The Morgan fingerprint density at radius 1 is 1.32 bits per heavy atom. The van der Waals surface area contributed by atoms with Crippen LogP contribution in [-0.4, -0.2) is 34.4 Å². The lowest BCUT2D eigenvalue weighted by Crippen LogP contribution is -2.41. The Morgan fingerprint density at radius 3 is 2.84 bits per heavy atom. The Hall–Kier alpha value is -2.20. The second kappa shape index (κ2) is 9.33. The number of carbonyl (C=O) groups excluding carboxylic acids is 2. The standard InChI is InChI=1S/C15H18FN5O2S2/c1-9(2)7-17-13(23)19-12(22)8-24-15-21-20-14(25-15)18-11-5-3-4-10(16)6-11/h3-6,9H,7-8H2,1-2H3,(H,18,20)(H2,17,19,22,23). The number of aromatic nitrogens is 2. The van der Waals surface area contributed by atoms with Crippen molar-refractivity contribution in [1.29, 1.82) is 0 Å². The van der Waals surface area contributed by atoms with Gasteiger partial charge in [-0.25, -0.2) is 9.18 Å². The Labute approximate surface area is 152 Å². The van der Waals surface area contributed by atoms with Crippen LogP contribution in [0.1, 0.15) is 13.8 Å². The molecule has 0 aliphatic rings. The number of nitrogens with one attached hydrogen (secondary N) is 3. The van der Waals surface area contributed by atoms with Crippen LogP contribution in [0.25, 0.3) is 0 Å². The highest BCUT2D eigenvalue weighted by molar-refractivity contribution is 8.01. The molecule has 0 bridgehead atoms. The summed E-state index contributed by atoms with van der Waals surface area (Å²) < 4.78 is 13.7. The largest absolute Gasteiger partial charge is 0.338 e. The molecule has 0 fully saturated rings. The van der Waals surface area contributed by atoms with Crippen molar-refractivity contribution in [3.05, 3.63) is 30.1 Å². The lowest BCUT2D eigenvalue weighted by atomic mass is 10.2. The van der Waals surface area contributed by atoms with E-state index in [1.807, 2.05) is 13.8 Å². The number of urea groups is 1. The predicted octanol–water partition coefficient (Wildman–Crippen LogP) is 2.99. The molecule has 0 atom stereocenters. The maximum Gasteiger partial charge on any atom is 0.321 e. The first kappa shape index (κ1) is 19.1. The van der Waals surface area contributed by atoms with E-state index >= 15 is 0 Å². The Balaban J connectivity index is 1.77. The van der Waals surface area contributed by atoms with Crippen LogP contribution in [0.2, 0.25) is 0 Å². The summed E-state index contributed by atoms with van der Waals surface area (Å²) in [4.78, 5) is 23.2. The third-order valence-electron chi connectivity index (χ3n) is 2.73. The van der Waals surface area contributed by atoms with Crippen molar-refractivity contribution in [2.75, 3.05) is 17.6 Å². The number of rotatable bonds is 7. The molecular formula is C15H18FN5O2S2. The van der Waals surface area contributed by atoms with E-state index in [-0.39, 0.29) is 11.6 Å². The van der Waals surface area contributed by atoms with E-state index in [0.29, 0.717) is 27.6 Å². The SMILES string of the molecule is CC(C)CNC(=O)NC(=O)CSc1nnc(Nc2cccc(F)c2)s1. The molecule has 0 radical (unpaired) electrons. The van der Waals surface area contributed by atoms with Crippen molar-refractivity contribution in [2.45, 2.75) is 18.2 Å². The highest BCUT2D eigenvalue weighted by Crippen LogP contribution is 2.27. The quantitative estimate of drug-likeness (QED) is 0.636. The number of hydrogen-bond acceptors (Lipinski definition) is 7. The maximum absolute atomic E-state index is 13.1. The monoisotopic (exact) mass is 383 g/mol. The normalized spacial score (nSPS) is 10.6. The van der Waals surface area contributed by atoms with Crippen molar-refractivity contribution in [3.63, 3.8) is 0 Å². The van der Waals surface area contributed by atoms with Gasteiger partial charge in [-0.3, -0.25) is 10.1 Å². The highest BCUT2D eigenvalue weighted by Gasteiger charge is 2.11. The van der Waals surface area contributed by atoms with E-state index in [1.54, 1.807) is 12.1 Å². The molecular weight excluding hydrogens is 365 g/mol. The van der Waals surface area contributed by atoms with Crippen LogP contribution >= 0.6 is 23.1 Å². The van der Waals surface area contributed by atoms with Crippen molar-refractivity contribution in [2.24, 2.45) is 5.92 Å². The van der Waals surface area contributed by atoms with Gasteiger partial charge >= 0.3 is 6.03 Å². The average Bonchev–Trinajstić information content (AvgIpc) is 2.98. The van der Waals surface area contributed by atoms with Gasteiger partial charge in [0.1, 0.15) is 5.82 Å². The molecule has 1 aromatic carbocycles. The summed E-state index contributed by atoms with van der Waals surface area (Å²) in [6.07, 6.45) is 0. The molecule has 0 saturated heterocycles. The van der Waals surface area contributed by atoms with Gasteiger partial charge in [0, 0.05) is 12.2 Å². The topological polar surface area (TPSA) is 96.0 Å². The molecule has 3 amide bonds. The minimum atomic E-state index is -0.509. The molecule has 1 heterocycles. The average molecular weight is 383 g/mol. The Kier molecular flexibility index (Phi) is 7.14. The second-order valence-corrected chi connectivity index (χ2v) is 7.65. The first-order valence-corrected chi connectivity index (χ1v) is 9.29. The fourth-order valence-corrected chi connectivity index (χ4v) is 3.21. The van der Waals surface area contributed by atoms with Gasteiger partial charge in [-0.1, -0.05) is 43.0 Å². The molecule has 0 saturated carbocycles. The fourth-order valence-electron chi connectivity index (χ4n) is 1.64. The number of amides is 3. The summed E-state index contributed by atoms with van der Waals surface area (Å²) in [5.74, 6) is -0.415. The number of carbonyl (C=O) groups is 2. The van der Waals surface area contributed by atoms with E-state index in [0.717, 1.165) is 0 Å². The molecule has 1 aromatic heterocycles. The second-order valence-electron chi connectivity index (χ2n) is 5.45. The van der Waals surface area contributed by atoms with Gasteiger partial charge in [-0.05, 0) is 24.1 Å². The van der Waals surface area contributed by atoms with Crippen LogP contribution in [0, 0.1) is 11.7 Å². The van der Waals surface area contributed by atoms with E-state index in [2.05, 4.69) is 26.1 Å². The van der Waals surface area contributed by atoms with Crippen molar-refractivity contribution >= 4 is 45.9 Å². The van der Waals surface area contributed by atoms with E-state index in [4.69, 9.17) is 0 Å². The smallest absolute Gasteiger partial charge is 0.321 e. The van der Waals surface area contributed by atoms with Crippen molar-refractivity contribution in [3.8, 4) is 0 Å². The van der Waals surface area contributed by atoms with Crippen molar-refractivity contribution in [1.82, 2.24) is 20.8 Å². The van der Waals surface area contributed by atoms with Crippen LogP contribution in [-0.2, 0) is 4.79 Å². The number of anilines is 2. The summed E-state index contributed by atoms with van der Waals surface area (Å²) in [5.41, 5.74) is 0.562. The van der Waals surface area contributed by atoms with Crippen LogP contribution in [0.4, 0.5) is 20.0 Å². The van der Waals surface area contributed by atoms with Gasteiger partial charge in [-0.2, -0.15) is 0 Å². The molecule has 3 N–H and O–H groups in total. The van der Waals surface area contributed by atoms with Gasteiger partial charge in [0.2, 0.25) is 11.0 Å². The number of nitrogens with zero attached hydrogens (tertiary/aromatic N) is 2. The summed E-state index contributed by atoms with van der Waals surface area (Å²) in [7, 11) is 0. The molecule has 10 heteroatoms. The molecule has 25 heavy (non-hydrogen) atoms. The van der Waals surface area contributed by atoms with Crippen LogP contribution < -0.4 is 16.0 Å². The van der Waals surface area contributed by atoms with Crippen molar-refractivity contribution < 1.29 is 14.0 Å². The number of thioether (sulfide) groups is 1. The third-order valence-corrected chi connectivity index (χ3v) is 4.70. The maximum atomic E-state index is 13.1. The van der Waals surface area contributed by atoms with Crippen LogP contribution in [0.3, 0.4) is 0 Å². The number of hydrogen-bond donors (Lipinski definition) is 3. The van der Waals surface area contributed by atoms with Gasteiger partial charge < -0.3 is 10.6 Å². The summed E-state index contributed by atoms with van der Waals surface area (Å²) >= 11 is 2.40. The van der Waals surface area contributed by atoms with Gasteiger partial charge in [0.05, 0.1) is 5.75 Å². The molecule has 7 nitrogen and oxygen atoms in total. The fraction of sp³-hybridized carbons (Fsp3) is 0.333. The molecule has 2 aromatic rings. The van der Waals surface area contributed by atoms with Gasteiger partial charge in [-0.15, -0.1) is 10.2 Å². The highest BCUT2D eigenvalue weighted by atomic mass is 32.2. The first-order chi connectivity index (χ1) is 11.9. The van der Waals surface area contributed by atoms with Gasteiger partial charge in [0.15, 0.2) is 4.34 Å². The lowest BCUT2D eigenvalue weighted by molar-refractivity contribution is -0.117. The van der Waals surface area contributed by atoms with Crippen LogP contribution in [0.15, 0.2) is 28.6 Å². The number of benzene rings is 1. The summed E-state index contributed by atoms with van der Waals surface area (Å²) in [5, 5.41) is 16.1. The molecule has 0 spiro atoms. The summed E-state index contributed by atoms with van der Waals surface area (Å²) in [6, 6.07) is 5.48. The Morgan fingerprint density at radius 2 is 2.12 bits per heavy atom. The zero-order valence-electron chi connectivity index (χ0n) is 13.7.